The van der Waals surface area contributed by atoms with Crippen molar-refractivity contribution >= 4 is 21.9 Å². The van der Waals surface area contributed by atoms with Gasteiger partial charge in [0.2, 0.25) is 5.09 Å². The van der Waals surface area contributed by atoms with Crippen LogP contribution in [-0.2, 0) is 19.6 Å². The lowest BCUT2D eigenvalue weighted by atomic mass is 10.0. The zero-order valence-electron chi connectivity index (χ0n) is 18.7. The van der Waals surface area contributed by atoms with E-state index in [4.69, 9.17) is 9.15 Å². The summed E-state index contributed by atoms with van der Waals surface area (Å²) in [6, 6.07) is 9.21. The molecule has 1 heterocycles. The van der Waals surface area contributed by atoms with Gasteiger partial charge in [0.1, 0.15) is 0 Å². The average molecular weight is 451 g/mol. The molecule has 0 aliphatic heterocycles. The second kappa shape index (κ2) is 9.65. The Kier molecular flexibility index (Phi) is 7.67. The number of carbonyl (C=O) groups is 2. The molecule has 2 N–H and O–H groups in total. The Morgan fingerprint density at radius 1 is 1.06 bits per heavy atom. The predicted octanol–water partition coefficient (Wildman–Crippen LogP) is 3.48. The van der Waals surface area contributed by atoms with Crippen LogP contribution >= 0.6 is 0 Å². The molecular formula is C22H30N2O6S. The smallest absolute Gasteiger partial charge is 0.308 e. The van der Waals surface area contributed by atoms with Gasteiger partial charge in [-0.25, -0.2) is 13.1 Å². The molecule has 31 heavy (non-hydrogen) atoms. The van der Waals surface area contributed by atoms with Gasteiger partial charge in [0, 0.05) is 5.54 Å². The number of sulfonamides is 1. The maximum atomic E-state index is 12.8. The van der Waals surface area contributed by atoms with Gasteiger partial charge >= 0.3 is 5.97 Å². The maximum absolute atomic E-state index is 12.8. The highest BCUT2D eigenvalue weighted by Gasteiger charge is 2.27. The number of hydrogen-bond donors (Lipinski definition) is 2. The quantitative estimate of drug-likeness (QED) is 0.595. The molecule has 1 unspecified atom stereocenters. The largest absolute Gasteiger partial charge is 0.463 e. The number of hydrogen-bond acceptors (Lipinski definition) is 6. The Morgan fingerprint density at radius 2 is 1.68 bits per heavy atom. The summed E-state index contributed by atoms with van der Waals surface area (Å²) in [6.07, 6.45) is -0.361. The number of furan rings is 1. The number of aryl methyl sites for hydroxylation is 1. The third-order valence-electron chi connectivity index (χ3n) is 4.03. The maximum Gasteiger partial charge on any atom is 0.308 e. The van der Waals surface area contributed by atoms with Crippen LogP contribution in [0, 0.1) is 6.92 Å². The van der Waals surface area contributed by atoms with Crippen LogP contribution in [0.5, 0.6) is 0 Å². The third-order valence-corrected chi connectivity index (χ3v) is 5.66. The topological polar surface area (TPSA) is 115 Å². The van der Waals surface area contributed by atoms with Crippen LogP contribution in [0.25, 0.3) is 0 Å². The predicted molar refractivity (Wildman–Crippen MR) is 116 cm³/mol. The van der Waals surface area contributed by atoms with E-state index in [0.29, 0.717) is 5.56 Å². The van der Waals surface area contributed by atoms with Gasteiger partial charge in [-0.3, -0.25) is 9.59 Å². The van der Waals surface area contributed by atoms with Crippen molar-refractivity contribution in [3.8, 4) is 0 Å². The fourth-order valence-corrected chi connectivity index (χ4v) is 4.15. The molecule has 1 atom stereocenters. The molecule has 0 radical (unpaired) electrons. The van der Waals surface area contributed by atoms with E-state index < -0.39 is 33.5 Å². The molecule has 170 valence electrons. The second-order valence-electron chi connectivity index (χ2n) is 8.65. The summed E-state index contributed by atoms with van der Waals surface area (Å²) in [7, 11) is -3.92. The molecule has 2 aromatic rings. The van der Waals surface area contributed by atoms with Crippen molar-refractivity contribution in [3.63, 3.8) is 0 Å². The molecule has 1 aromatic heterocycles. The molecule has 0 aliphatic rings. The minimum absolute atomic E-state index is 0.0789. The minimum Gasteiger partial charge on any atom is -0.463 e. The summed E-state index contributed by atoms with van der Waals surface area (Å²) in [6.45, 7) is 10.5. The molecule has 0 spiro atoms. The zero-order chi connectivity index (χ0) is 23.4. The van der Waals surface area contributed by atoms with Crippen LogP contribution in [0.3, 0.4) is 0 Å². The van der Waals surface area contributed by atoms with Crippen LogP contribution in [0.4, 0.5) is 0 Å². The van der Waals surface area contributed by atoms with Gasteiger partial charge in [-0.05, 0) is 59.2 Å². The normalized spacial score (nSPS) is 13.1. The summed E-state index contributed by atoms with van der Waals surface area (Å²) < 4.78 is 37.8. The van der Waals surface area contributed by atoms with Gasteiger partial charge in [-0.15, -0.1) is 0 Å². The Labute approximate surface area is 183 Å². The van der Waals surface area contributed by atoms with Crippen LogP contribution < -0.4 is 10.0 Å². The van der Waals surface area contributed by atoms with E-state index in [-0.39, 0.29) is 23.4 Å². The van der Waals surface area contributed by atoms with Crippen molar-refractivity contribution in [2.75, 3.05) is 0 Å². The van der Waals surface area contributed by atoms with E-state index in [9.17, 15) is 18.0 Å². The lowest BCUT2D eigenvalue weighted by Crippen LogP contribution is -2.40. The Bertz CT molecular complexity index is 1020. The van der Waals surface area contributed by atoms with Gasteiger partial charge in [0.25, 0.3) is 15.9 Å². The summed E-state index contributed by atoms with van der Waals surface area (Å²) in [4.78, 5) is 25.0. The van der Waals surface area contributed by atoms with Crippen molar-refractivity contribution in [3.05, 3.63) is 53.3 Å². The highest BCUT2D eigenvalue weighted by Crippen LogP contribution is 2.21. The van der Waals surface area contributed by atoms with Gasteiger partial charge in [-0.2, -0.15) is 0 Å². The molecule has 2 rings (SSSR count). The highest BCUT2D eigenvalue weighted by molar-refractivity contribution is 7.89. The second-order valence-corrected chi connectivity index (χ2v) is 10.3. The summed E-state index contributed by atoms with van der Waals surface area (Å²) in [5.74, 6) is -1.28. The number of benzene rings is 1. The van der Waals surface area contributed by atoms with Gasteiger partial charge in [0.05, 0.1) is 18.6 Å². The molecule has 0 saturated heterocycles. The van der Waals surface area contributed by atoms with Crippen molar-refractivity contribution in [1.82, 2.24) is 10.0 Å². The third kappa shape index (κ3) is 7.52. The lowest BCUT2D eigenvalue weighted by Gasteiger charge is -2.19. The molecule has 0 aliphatic carbocycles. The Hall–Kier alpha value is -2.65. The van der Waals surface area contributed by atoms with E-state index in [2.05, 4.69) is 10.0 Å². The van der Waals surface area contributed by atoms with Crippen LogP contribution in [0.1, 0.15) is 68.8 Å². The number of nitrogens with one attached hydrogen (secondary N) is 2. The zero-order valence-corrected chi connectivity index (χ0v) is 19.5. The van der Waals surface area contributed by atoms with Crippen molar-refractivity contribution in [2.24, 2.45) is 0 Å². The van der Waals surface area contributed by atoms with Crippen LogP contribution in [-0.4, -0.2) is 31.9 Å². The molecule has 8 nitrogen and oxygen atoms in total. The molecular weight excluding hydrogens is 420 g/mol. The molecule has 0 bridgehead atoms. The SMILES string of the molecule is Cc1ccc(C(CC(=O)OC(C)C)NC(=O)c2ccc(S(=O)(=O)NC(C)(C)C)o2)cc1. The Balaban J connectivity index is 2.22. The lowest BCUT2D eigenvalue weighted by molar-refractivity contribution is -0.147. The monoisotopic (exact) mass is 450 g/mol. The number of esters is 1. The van der Waals surface area contributed by atoms with Crippen LogP contribution in [0.15, 0.2) is 45.9 Å². The summed E-state index contributed by atoms with van der Waals surface area (Å²) in [5.41, 5.74) is 1.04. The first-order valence-corrected chi connectivity index (χ1v) is 11.5. The van der Waals surface area contributed by atoms with E-state index in [1.54, 1.807) is 34.6 Å². The molecule has 9 heteroatoms. The number of rotatable bonds is 8. The average Bonchev–Trinajstić information content (AvgIpc) is 3.10. The molecule has 0 fully saturated rings. The summed E-state index contributed by atoms with van der Waals surface area (Å²) in [5, 5.41) is 2.38. The first-order valence-electron chi connectivity index (χ1n) is 9.97. The van der Waals surface area contributed by atoms with E-state index >= 15 is 0 Å². The van der Waals surface area contributed by atoms with Gasteiger partial charge < -0.3 is 14.5 Å². The van der Waals surface area contributed by atoms with Crippen molar-refractivity contribution < 1.29 is 27.2 Å². The first kappa shape index (κ1) is 24.6. The van der Waals surface area contributed by atoms with Gasteiger partial charge in [-0.1, -0.05) is 29.8 Å². The highest BCUT2D eigenvalue weighted by atomic mass is 32.2. The first-order chi connectivity index (χ1) is 14.3. The standard InChI is InChI=1S/C22H30N2O6S/c1-14(2)29-19(25)13-17(16-9-7-15(3)8-10-16)23-21(26)18-11-12-20(30-18)31(27,28)24-22(4,5)6/h7-12,14,17,24H,13H2,1-6H3,(H,23,26). The molecule has 1 aromatic carbocycles. The summed E-state index contributed by atoms with van der Waals surface area (Å²) >= 11 is 0. The molecule has 0 saturated carbocycles. The number of carbonyl (C=O) groups excluding carboxylic acids is 2. The van der Waals surface area contributed by atoms with E-state index in [1.165, 1.54) is 12.1 Å². The van der Waals surface area contributed by atoms with E-state index in [1.807, 2.05) is 31.2 Å². The van der Waals surface area contributed by atoms with Gasteiger partial charge in [0.15, 0.2) is 5.76 Å². The number of amides is 1. The van der Waals surface area contributed by atoms with Crippen molar-refractivity contribution in [2.45, 2.75) is 70.7 Å². The minimum atomic E-state index is -3.92. The number of ether oxygens (including phenoxy) is 1. The van der Waals surface area contributed by atoms with Crippen LogP contribution in [0.2, 0.25) is 0 Å². The Morgan fingerprint density at radius 3 is 2.23 bits per heavy atom. The fraction of sp³-hybridized carbons (Fsp3) is 0.455. The fourth-order valence-electron chi connectivity index (χ4n) is 2.80. The van der Waals surface area contributed by atoms with E-state index in [0.717, 1.165) is 5.56 Å². The molecule has 1 amide bonds. The van der Waals surface area contributed by atoms with Crippen molar-refractivity contribution in [1.29, 1.82) is 0 Å².